The van der Waals surface area contributed by atoms with Crippen molar-refractivity contribution in [2.24, 2.45) is 5.73 Å². The second-order valence-electron chi connectivity index (χ2n) is 3.70. The molecule has 1 heterocycles. The van der Waals surface area contributed by atoms with E-state index in [-0.39, 0.29) is 6.04 Å². The fourth-order valence-electron chi connectivity index (χ4n) is 1.61. The summed E-state index contributed by atoms with van der Waals surface area (Å²) in [5.74, 6) is 0.641. The number of likely N-dealkylation sites (N-methyl/N-ethyl adjacent to an activating group) is 1. The summed E-state index contributed by atoms with van der Waals surface area (Å²) in [6.45, 7) is 1.31. The minimum Gasteiger partial charge on any atom is -0.327 e. The number of hydrogen-bond donors (Lipinski definition) is 1. The molecule has 1 rings (SSSR count). The minimum atomic E-state index is -2.76. The second-order valence-corrected chi connectivity index (χ2v) is 5.93. The van der Waals surface area contributed by atoms with E-state index in [9.17, 15) is 8.42 Å². The molecule has 0 aromatic rings. The summed E-state index contributed by atoms with van der Waals surface area (Å²) in [5, 5.41) is 0. The largest absolute Gasteiger partial charge is 0.327 e. The molecule has 1 aliphatic heterocycles. The summed E-state index contributed by atoms with van der Waals surface area (Å²) in [4.78, 5) is 2.07. The zero-order valence-electron chi connectivity index (χ0n) is 8.52. The highest BCUT2D eigenvalue weighted by Crippen LogP contribution is 2.15. The lowest BCUT2D eigenvalue weighted by Crippen LogP contribution is -2.32. The summed E-state index contributed by atoms with van der Waals surface area (Å²) >= 11 is 0. The fraction of sp³-hybridized carbons (Fsp3) is 0.778. The third kappa shape index (κ3) is 3.40. The first-order valence-electron chi connectivity index (χ1n) is 4.81. The topological polar surface area (TPSA) is 63.4 Å². The number of nitrogens with two attached hydrogens (primary N) is 1. The van der Waals surface area contributed by atoms with Crippen LogP contribution in [0.3, 0.4) is 0 Å². The van der Waals surface area contributed by atoms with Crippen LogP contribution in [0.5, 0.6) is 0 Å². The maximum atomic E-state index is 11.2. The number of nitrogens with zero attached hydrogens (tertiary/aromatic N) is 1. The van der Waals surface area contributed by atoms with Crippen molar-refractivity contribution in [3.05, 3.63) is 12.2 Å². The van der Waals surface area contributed by atoms with Gasteiger partial charge >= 0.3 is 0 Å². The first kappa shape index (κ1) is 11.7. The van der Waals surface area contributed by atoms with Gasteiger partial charge in [-0.2, -0.15) is 0 Å². The molecule has 2 N–H and O–H groups in total. The second kappa shape index (κ2) is 4.91. The molecular formula is C9H18N2O2S. The number of sulfone groups is 1. The Morgan fingerprint density at radius 1 is 1.50 bits per heavy atom. The van der Waals surface area contributed by atoms with Gasteiger partial charge in [-0.15, -0.1) is 0 Å². The van der Waals surface area contributed by atoms with Gasteiger partial charge in [0.25, 0.3) is 0 Å². The molecule has 1 aliphatic rings. The Hall–Kier alpha value is -0.390. The van der Waals surface area contributed by atoms with Crippen LogP contribution < -0.4 is 5.73 Å². The first-order valence-corrected chi connectivity index (χ1v) is 6.63. The van der Waals surface area contributed by atoms with E-state index in [0.29, 0.717) is 18.1 Å². The average Bonchev–Trinajstić information content (AvgIpc) is 2.46. The van der Waals surface area contributed by atoms with Crippen LogP contribution in [0.25, 0.3) is 0 Å². The fourth-order valence-corrected chi connectivity index (χ4v) is 3.41. The van der Waals surface area contributed by atoms with E-state index >= 15 is 0 Å². The lowest BCUT2D eigenvalue weighted by atomic mass is 10.2. The molecule has 0 saturated carbocycles. The molecule has 0 spiro atoms. The summed E-state index contributed by atoms with van der Waals surface area (Å²) in [7, 11) is -0.811. The van der Waals surface area contributed by atoms with Gasteiger partial charge in [0.1, 0.15) is 0 Å². The third-order valence-corrected chi connectivity index (χ3v) is 4.28. The zero-order valence-corrected chi connectivity index (χ0v) is 9.33. The molecule has 0 aromatic carbocycles. The smallest absolute Gasteiger partial charge is 0.151 e. The Morgan fingerprint density at radius 2 is 2.21 bits per heavy atom. The zero-order chi connectivity index (χ0) is 10.6. The molecule has 1 saturated heterocycles. The van der Waals surface area contributed by atoms with Gasteiger partial charge in [0.15, 0.2) is 9.84 Å². The Balaban J connectivity index is 2.39. The van der Waals surface area contributed by atoms with Crippen LogP contribution in [0.1, 0.15) is 6.42 Å². The van der Waals surface area contributed by atoms with E-state index < -0.39 is 9.84 Å². The first-order chi connectivity index (χ1) is 6.55. The molecule has 82 valence electrons. The highest BCUT2D eigenvalue weighted by atomic mass is 32.2. The van der Waals surface area contributed by atoms with Crippen molar-refractivity contribution in [1.82, 2.24) is 4.90 Å². The van der Waals surface area contributed by atoms with E-state index in [2.05, 4.69) is 4.90 Å². The highest BCUT2D eigenvalue weighted by Gasteiger charge is 2.29. The molecule has 14 heavy (non-hydrogen) atoms. The Morgan fingerprint density at radius 3 is 2.71 bits per heavy atom. The Bertz CT molecular complexity index is 298. The van der Waals surface area contributed by atoms with Crippen molar-refractivity contribution in [3.8, 4) is 0 Å². The summed E-state index contributed by atoms with van der Waals surface area (Å²) in [5.41, 5.74) is 5.31. The van der Waals surface area contributed by atoms with Crippen LogP contribution in [-0.2, 0) is 9.84 Å². The van der Waals surface area contributed by atoms with Gasteiger partial charge < -0.3 is 5.73 Å². The van der Waals surface area contributed by atoms with Crippen molar-refractivity contribution in [2.75, 3.05) is 31.6 Å². The van der Waals surface area contributed by atoms with Crippen molar-refractivity contribution in [1.29, 1.82) is 0 Å². The van der Waals surface area contributed by atoms with Gasteiger partial charge in [0, 0.05) is 19.1 Å². The molecule has 4 nitrogen and oxygen atoms in total. The van der Waals surface area contributed by atoms with Crippen molar-refractivity contribution < 1.29 is 8.42 Å². The van der Waals surface area contributed by atoms with E-state index in [1.54, 1.807) is 0 Å². The lowest BCUT2D eigenvalue weighted by molar-refractivity contribution is 0.289. The molecule has 1 unspecified atom stereocenters. The van der Waals surface area contributed by atoms with Crippen molar-refractivity contribution >= 4 is 9.84 Å². The molecule has 0 aliphatic carbocycles. The van der Waals surface area contributed by atoms with Gasteiger partial charge in [-0.25, -0.2) is 8.42 Å². The normalized spacial score (nSPS) is 26.4. The molecule has 1 atom stereocenters. The van der Waals surface area contributed by atoms with Crippen LogP contribution in [-0.4, -0.2) is 51.0 Å². The SMILES string of the molecule is CN(CC=CCN)C1CCS(=O)(=O)C1. The van der Waals surface area contributed by atoms with Gasteiger partial charge in [-0.05, 0) is 13.5 Å². The van der Waals surface area contributed by atoms with Crippen LogP contribution in [0, 0.1) is 0 Å². The maximum Gasteiger partial charge on any atom is 0.151 e. The highest BCUT2D eigenvalue weighted by molar-refractivity contribution is 7.91. The quantitative estimate of drug-likeness (QED) is 0.653. The molecule has 0 aromatic heterocycles. The van der Waals surface area contributed by atoms with Gasteiger partial charge in [-0.3, -0.25) is 4.90 Å². The molecule has 0 radical (unpaired) electrons. The summed E-state index contributed by atoms with van der Waals surface area (Å²) in [6.07, 6.45) is 4.63. The Kier molecular flexibility index (Phi) is 4.10. The predicted octanol–water partition coefficient (Wildman–Crippen LogP) is -0.380. The molecule has 5 heteroatoms. The van der Waals surface area contributed by atoms with Crippen LogP contribution >= 0.6 is 0 Å². The summed E-state index contributed by atoms with van der Waals surface area (Å²) in [6, 6.07) is 0.183. The predicted molar refractivity (Wildman–Crippen MR) is 57.9 cm³/mol. The van der Waals surface area contributed by atoms with E-state index in [0.717, 1.165) is 13.0 Å². The lowest BCUT2D eigenvalue weighted by Gasteiger charge is -2.20. The van der Waals surface area contributed by atoms with Crippen LogP contribution in [0.15, 0.2) is 12.2 Å². The third-order valence-electron chi connectivity index (χ3n) is 2.53. The van der Waals surface area contributed by atoms with Crippen molar-refractivity contribution in [3.63, 3.8) is 0 Å². The van der Waals surface area contributed by atoms with Gasteiger partial charge in [-0.1, -0.05) is 12.2 Å². The number of hydrogen-bond acceptors (Lipinski definition) is 4. The standard InChI is InChI=1S/C9H18N2O2S/c1-11(6-3-2-5-10)9-4-7-14(12,13)8-9/h2-3,9H,4-8,10H2,1H3. The van der Waals surface area contributed by atoms with Crippen molar-refractivity contribution in [2.45, 2.75) is 12.5 Å². The van der Waals surface area contributed by atoms with Gasteiger partial charge in [0.05, 0.1) is 11.5 Å². The molecule has 1 fully saturated rings. The monoisotopic (exact) mass is 218 g/mol. The minimum absolute atomic E-state index is 0.183. The van der Waals surface area contributed by atoms with E-state index in [4.69, 9.17) is 5.73 Å². The molecule has 0 bridgehead atoms. The van der Waals surface area contributed by atoms with Crippen LogP contribution in [0.4, 0.5) is 0 Å². The van der Waals surface area contributed by atoms with Crippen LogP contribution in [0.2, 0.25) is 0 Å². The Labute approximate surface area is 85.7 Å². The number of rotatable bonds is 4. The molecular weight excluding hydrogens is 200 g/mol. The van der Waals surface area contributed by atoms with E-state index in [1.165, 1.54) is 0 Å². The maximum absolute atomic E-state index is 11.2. The summed E-state index contributed by atoms with van der Waals surface area (Å²) < 4.78 is 22.4. The van der Waals surface area contributed by atoms with Gasteiger partial charge in [0.2, 0.25) is 0 Å². The molecule has 0 amide bonds. The average molecular weight is 218 g/mol. The van der Waals surface area contributed by atoms with E-state index in [1.807, 2.05) is 19.2 Å².